The number of fused-ring (bicyclic) bond motifs is 1. The minimum absolute atomic E-state index is 0.602. The molecular weight excluding hydrogens is 262 g/mol. The van der Waals surface area contributed by atoms with Crippen molar-refractivity contribution in [1.82, 2.24) is 9.72 Å². The molecule has 0 fully saturated rings. The van der Waals surface area contributed by atoms with Gasteiger partial charge in [0.25, 0.3) is 0 Å². The van der Waals surface area contributed by atoms with Gasteiger partial charge < -0.3 is 14.8 Å². The van der Waals surface area contributed by atoms with Crippen LogP contribution in [-0.4, -0.2) is 16.3 Å². The molecule has 0 spiro atoms. The molecule has 0 aliphatic carbocycles. The van der Waals surface area contributed by atoms with Gasteiger partial charge in [-0.1, -0.05) is 31.1 Å². The second-order valence-electron chi connectivity index (χ2n) is 5.88. The quantitative estimate of drug-likeness (QED) is 0.780. The molecule has 3 rings (SSSR count). The van der Waals surface area contributed by atoms with Crippen molar-refractivity contribution < 1.29 is 4.52 Å². The normalized spacial score (nSPS) is 11.6. The molecule has 110 valence electrons. The fourth-order valence-corrected chi connectivity index (χ4v) is 2.79. The zero-order valence-electron chi connectivity index (χ0n) is 12.5. The lowest BCUT2D eigenvalue weighted by atomic mass is 10.1. The highest BCUT2D eigenvalue weighted by atomic mass is 16.5. The van der Waals surface area contributed by atoms with Crippen molar-refractivity contribution in [2.24, 2.45) is 11.7 Å². The molecule has 0 aliphatic heterocycles. The van der Waals surface area contributed by atoms with Crippen LogP contribution in [0, 0.1) is 5.92 Å². The van der Waals surface area contributed by atoms with E-state index in [0.29, 0.717) is 12.5 Å². The predicted octanol–water partition coefficient (Wildman–Crippen LogP) is 3.45. The zero-order chi connectivity index (χ0) is 14.8. The van der Waals surface area contributed by atoms with E-state index < -0.39 is 0 Å². The molecule has 2 N–H and O–H groups in total. The van der Waals surface area contributed by atoms with Crippen LogP contribution < -0.4 is 5.73 Å². The third kappa shape index (κ3) is 2.72. The molecule has 0 radical (unpaired) electrons. The monoisotopic (exact) mass is 283 g/mol. The third-order valence-corrected chi connectivity index (χ3v) is 3.71. The van der Waals surface area contributed by atoms with Gasteiger partial charge in [-0.2, -0.15) is 0 Å². The molecule has 1 aromatic carbocycles. The van der Waals surface area contributed by atoms with Crippen molar-refractivity contribution in [3.63, 3.8) is 0 Å². The zero-order valence-corrected chi connectivity index (χ0v) is 12.5. The number of aromatic nitrogens is 2. The van der Waals surface area contributed by atoms with Gasteiger partial charge >= 0.3 is 0 Å². The minimum Gasteiger partial charge on any atom is -0.364 e. The summed E-state index contributed by atoms with van der Waals surface area (Å²) in [6.45, 7) is 6.15. The molecule has 0 unspecified atom stereocenters. The van der Waals surface area contributed by atoms with Crippen LogP contribution >= 0.6 is 0 Å². The Kier molecular flexibility index (Phi) is 3.80. The molecule has 0 saturated carbocycles. The summed E-state index contributed by atoms with van der Waals surface area (Å²) in [5.41, 5.74) is 10.5. The Hall–Kier alpha value is -2.07. The minimum atomic E-state index is 0.602. The number of benzene rings is 1. The van der Waals surface area contributed by atoms with Crippen molar-refractivity contribution >= 4 is 10.9 Å². The van der Waals surface area contributed by atoms with E-state index in [1.807, 2.05) is 0 Å². The van der Waals surface area contributed by atoms with Gasteiger partial charge in [0, 0.05) is 29.2 Å². The first-order valence-corrected chi connectivity index (χ1v) is 7.40. The third-order valence-electron chi connectivity index (χ3n) is 3.71. The lowest BCUT2D eigenvalue weighted by molar-refractivity contribution is 0.420. The number of nitrogens with zero attached hydrogens (tertiary/aromatic N) is 2. The fourth-order valence-electron chi connectivity index (χ4n) is 2.79. The summed E-state index contributed by atoms with van der Waals surface area (Å²) < 4.78 is 7.28. The molecule has 2 aromatic heterocycles. The van der Waals surface area contributed by atoms with Crippen molar-refractivity contribution in [3.05, 3.63) is 42.4 Å². The average molecular weight is 283 g/mol. The summed E-state index contributed by atoms with van der Waals surface area (Å²) in [6.07, 6.45) is 6.58. The number of rotatable bonds is 5. The SMILES string of the molecule is CC(C)Cn1cc(CCN)c2ccc(-c3cnoc3)cc21. The van der Waals surface area contributed by atoms with Crippen LogP contribution in [0.4, 0.5) is 0 Å². The summed E-state index contributed by atoms with van der Waals surface area (Å²) >= 11 is 0. The van der Waals surface area contributed by atoms with E-state index in [2.05, 4.69) is 48.0 Å². The summed E-state index contributed by atoms with van der Waals surface area (Å²) in [4.78, 5) is 0. The van der Waals surface area contributed by atoms with E-state index >= 15 is 0 Å². The number of nitrogens with two attached hydrogens (primary N) is 1. The van der Waals surface area contributed by atoms with Gasteiger partial charge in [-0.05, 0) is 36.1 Å². The van der Waals surface area contributed by atoms with E-state index in [1.54, 1.807) is 12.5 Å². The highest BCUT2D eigenvalue weighted by molar-refractivity contribution is 5.88. The average Bonchev–Trinajstić information content (AvgIpc) is 3.08. The number of hydrogen-bond donors (Lipinski definition) is 1. The standard InChI is InChI=1S/C17H21N3O/c1-12(2)9-20-10-14(5-6-18)16-4-3-13(7-17(16)20)15-8-19-21-11-15/h3-4,7-8,10-12H,5-6,9,18H2,1-2H3. The Bertz CT molecular complexity index is 726. The Morgan fingerprint density at radius 1 is 1.29 bits per heavy atom. The van der Waals surface area contributed by atoms with Crippen molar-refractivity contribution in [3.8, 4) is 11.1 Å². The Morgan fingerprint density at radius 3 is 2.81 bits per heavy atom. The molecule has 2 heterocycles. The first kappa shape index (κ1) is 13.9. The summed E-state index contributed by atoms with van der Waals surface area (Å²) in [6, 6.07) is 6.51. The van der Waals surface area contributed by atoms with Gasteiger partial charge in [-0.3, -0.25) is 0 Å². The molecule has 0 aliphatic rings. The van der Waals surface area contributed by atoms with E-state index in [4.69, 9.17) is 10.3 Å². The first-order chi connectivity index (χ1) is 10.2. The van der Waals surface area contributed by atoms with Crippen molar-refractivity contribution in [2.75, 3.05) is 6.54 Å². The highest BCUT2D eigenvalue weighted by Gasteiger charge is 2.11. The van der Waals surface area contributed by atoms with Crippen molar-refractivity contribution in [1.29, 1.82) is 0 Å². The van der Waals surface area contributed by atoms with E-state index in [0.717, 1.165) is 24.1 Å². The van der Waals surface area contributed by atoms with Crippen LogP contribution in [0.3, 0.4) is 0 Å². The predicted molar refractivity (Wildman–Crippen MR) is 85.0 cm³/mol. The molecule has 0 saturated heterocycles. The van der Waals surface area contributed by atoms with Gasteiger partial charge in [-0.25, -0.2) is 0 Å². The lowest BCUT2D eigenvalue weighted by Gasteiger charge is -2.08. The lowest BCUT2D eigenvalue weighted by Crippen LogP contribution is -2.04. The van der Waals surface area contributed by atoms with Crippen LogP contribution in [0.1, 0.15) is 19.4 Å². The summed E-state index contributed by atoms with van der Waals surface area (Å²) in [7, 11) is 0. The highest BCUT2D eigenvalue weighted by Crippen LogP contribution is 2.28. The maximum atomic E-state index is 5.74. The van der Waals surface area contributed by atoms with Crippen LogP contribution in [-0.2, 0) is 13.0 Å². The summed E-state index contributed by atoms with van der Waals surface area (Å²) in [5.74, 6) is 0.602. The molecule has 4 nitrogen and oxygen atoms in total. The smallest absolute Gasteiger partial charge is 0.131 e. The molecule has 4 heteroatoms. The Balaban J connectivity index is 2.13. The molecule has 0 bridgehead atoms. The van der Waals surface area contributed by atoms with Gasteiger partial charge in [0.1, 0.15) is 6.26 Å². The second-order valence-corrected chi connectivity index (χ2v) is 5.88. The topological polar surface area (TPSA) is 57.0 Å². The van der Waals surface area contributed by atoms with Crippen molar-refractivity contribution in [2.45, 2.75) is 26.8 Å². The van der Waals surface area contributed by atoms with Crippen LogP contribution in [0.25, 0.3) is 22.0 Å². The molecule has 3 aromatic rings. The van der Waals surface area contributed by atoms with Crippen LogP contribution in [0.5, 0.6) is 0 Å². The maximum Gasteiger partial charge on any atom is 0.131 e. The largest absolute Gasteiger partial charge is 0.364 e. The maximum absolute atomic E-state index is 5.74. The summed E-state index contributed by atoms with van der Waals surface area (Å²) in [5, 5.41) is 5.08. The fraction of sp³-hybridized carbons (Fsp3) is 0.353. The molecular formula is C17H21N3O. The van der Waals surface area contributed by atoms with Crippen LogP contribution in [0.2, 0.25) is 0 Å². The Morgan fingerprint density at radius 2 is 2.14 bits per heavy atom. The van der Waals surface area contributed by atoms with Gasteiger partial charge in [0.05, 0.1) is 6.20 Å². The van der Waals surface area contributed by atoms with E-state index in [1.165, 1.54) is 16.5 Å². The van der Waals surface area contributed by atoms with Crippen LogP contribution in [0.15, 0.2) is 41.4 Å². The molecule has 0 atom stereocenters. The van der Waals surface area contributed by atoms with E-state index in [9.17, 15) is 0 Å². The van der Waals surface area contributed by atoms with Gasteiger partial charge in [-0.15, -0.1) is 0 Å². The number of hydrogen-bond acceptors (Lipinski definition) is 3. The first-order valence-electron chi connectivity index (χ1n) is 7.40. The second kappa shape index (κ2) is 5.74. The van der Waals surface area contributed by atoms with Gasteiger partial charge in [0.2, 0.25) is 0 Å². The Labute approximate surface area is 124 Å². The molecule has 21 heavy (non-hydrogen) atoms. The van der Waals surface area contributed by atoms with Gasteiger partial charge in [0.15, 0.2) is 0 Å². The molecule has 0 amide bonds. The van der Waals surface area contributed by atoms with E-state index in [-0.39, 0.29) is 0 Å².